The third-order valence-electron chi connectivity index (χ3n) is 2.92. The zero-order chi connectivity index (χ0) is 7.56. The van der Waals surface area contributed by atoms with Crippen molar-refractivity contribution in [3.8, 4) is 0 Å². The monoisotopic (exact) mass is 138 g/mol. The quantitative estimate of drug-likeness (QED) is 0.524. The van der Waals surface area contributed by atoms with Crippen molar-refractivity contribution in [1.82, 2.24) is 0 Å². The van der Waals surface area contributed by atoms with Crippen molar-refractivity contribution < 1.29 is 0 Å². The second kappa shape index (κ2) is 3.23. The molecular formula is C10H18. The third kappa shape index (κ3) is 1.25. The SMILES string of the molecule is C=C(CC)C1CCC1CC. The number of hydrogen-bond acceptors (Lipinski definition) is 0. The Labute approximate surface area is 64.3 Å². The molecule has 0 aromatic carbocycles. The maximum absolute atomic E-state index is 4.09. The summed E-state index contributed by atoms with van der Waals surface area (Å²) < 4.78 is 0. The fourth-order valence-corrected chi connectivity index (χ4v) is 1.86. The van der Waals surface area contributed by atoms with Crippen molar-refractivity contribution in [2.24, 2.45) is 11.8 Å². The molecule has 0 aromatic heterocycles. The van der Waals surface area contributed by atoms with Gasteiger partial charge in [0.15, 0.2) is 0 Å². The minimum absolute atomic E-state index is 0.884. The zero-order valence-electron chi connectivity index (χ0n) is 7.19. The first-order valence-corrected chi connectivity index (χ1v) is 4.47. The van der Waals surface area contributed by atoms with Gasteiger partial charge >= 0.3 is 0 Å². The lowest BCUT2D eigenvalue weighted by atomic mass is 9.68. The average molecular weight is 138 g/mol. The molecule has 0 nitrogen and oxygen atoms in total. The Morgan fingerprint density at radius 1 is 1.40 bits per heavy atom. The smallest absolute Gasteiger partial charge is 0.0178 e. The summed E-state index contributed by atoms with van der Waals surface area (Å²) in [6, 6.07) is 0. The van der Waals surface area contributed by atoms with Crippen LogP contribution in [0.15, 0.2) is 12.2 Å². The van der Waals surface area contributed by atoms with E-state index in [1.165, 1.54) is 31.3 Å². The second-order valence-electron chi connectivity index (χ2n) is 3.36. The highest BCUT2D eigenvalue weighted by atomic mass is 14.3. The molecule has 2 unspecified atom stereocenters. The molecule has 1 aliphatic carbocycles. The van der Waals surface area contributed by atoms with Crippen LogP contribution in [0.25, 0.3) is 0 Å². The lowest BCUT2D eigenvalue weighted by molar-refractivity contribution is 0.204. The van der Waals surface area contributed by atoms with E-state index >= 15 is 0 Å². The molecule has 0 heteroatoms. The molecule has 0 spiro atoms. The minimum atomic E-state index is 0.884. The molecule has 2 atom stereocenters. The van der Waals surface area contributed by atoms with Gasteiger partial charge in [0, 0.05) is 0 Å². The predicted molar refractivity (Wildman–Crippen MR) is 45.9 cm³/mol. The molecule has 0 bridgehead atoms. The highest BCUT2D eigenvalue weighted by molar-refractivity contribution is 5.06. The number of allylic oxidation sites excluding steroid dienone is 1. The summed E-state index contributed by atoms with van der Waals surface area (Å²) >= 11 is 0. The minimum Gasteiger partial charge on any atom is -0.0996 e. The average Bonchev–Trinajstić information content (AvgIpc) is 1.86. The normalized spacial score (nSPS) is 31.4. The van der Waals surface area contributed by atoms with Gasteiger partial charge in [-0.05, 0) is 31.1 Å². The summed E-state index contributed by atoms with van der Waals surface area (Å²) in [7, 11) is 0. The molecule has 1 rings (SSSR count). The maximum atomic E-state index is 4.09. The Morgan fingerprint density at radius 2 is 2.10 bits per heavy atom. The van der Waals surface area contributed by atoms with E-state index in [1.54, 1.807) is 0 Å². The lowest BCUT2D eigenvalue weighted by Crippen LogP contribution is -2.26. The Bertz CT molecular complexity index is 122. The largest absolute Gasteiger partial charge is 0.0996 e. The van der Waals surface area contributed by atoms with Crippen LogP contribution in [0, 0.1) is 11.8 Å². The Hall–Kier alpha value is -0.260. The molecule has 0 aromatic rings. The zero-order valence-corrected chi connectivity index (χ0v) is 7.19. The van der Waals surface area contributed by atoms with E-state index in [4.69, 9.17) is 0 Å². The second-order valence-corrected chi connectivity index (χ2v) is 3.36. The first kappa shape index (κ1) is 7.84. The summed E-state index contributed by atoms with van der Waals surface area (Å²) in [4.78, 5) is 0. The van der Waals surface area contributed by atoms with Gasteiger partial charge < -0.3 is 0 Å². The van der Waals surface area contributed by atoms with Crippen molar-refractivity contribution in [3.05, 3.63) is 12.2 Å². The van der Waals surface area contributed by atoms with Gasteiger partial charge in [-0.3, -0.25) is 0 Å². The summed E-state index contributed by atoms with van der Waals surface area (Å²) in [6.07, 6.45) is 5.39. The van der Waals surface area contributed by atoms with Crippen molar-refractivity contribution >= 4 is 0 Å². The van der Waals surface area contributed by atoms with E-state index in [0.29, 0.717) is 0 Å². The number of hydrogen-bond donors (Lipinski definition) is 0. The van der Waals surface area contributed by atoms with Crippen LogP contribution in [0.2, 0.25) is 0 Å². The molecule has 0 N–H and O–H groups in total. The summed E-state index contributed by atoms with van der Waals surface area (Å²) in [5.74, 6) is 1.86. The highest BCUT2D eigenvalue weighted by Gasteiger charge is 2.29. The molecule has 0 radical (unpaired) electrons. The fraction of sp³-hybridized carbons (Fsp3) is 0.800. The van der Waals surface area contributed by atoms with E-state index in [1.807, 2.05) is 0 Å². The lowest BCUT2D eigenvalue weighted by Gasteiger charge is -2.37. The molecule has 10 heavy (non-hydrogen) atoms. The van der Waals surface area contributed by atoms with Gasteiger partial charge in [-0.1, -0.05) is 32.4 Å². The Kier molecular flexibility index (Phi) is 2.53. The molecule has 58 valence electrons. The van der Waals surface area contributed by atoms with Gasteiger partial charge in [-0.25, -0.2) is 0 Å². The van der Waals surface area contributed by atoms with E-state index in [-0.39, 0.29) is 0 Å². The van der Waals surface area contributed by atoms with Gasteiger partial charge in [0.05, 0.1) is 0 Å². The summed E-state index contributed by atoms with van der Waals surface area (Å²) in [5, 5.41) is 0. The van der Waals surface area contributed by atoms with Gasteiger partial charge in [0.1, 0.15) is 0 Å². The van der Waals surface area contributed by atoms with E-state index < -0.39 is 0 Å². The van der Waals surface area contributed by atoms with Crippen molar-refractivity contribution in [2.75, 3.05) is 0 Å². The van der Waals surface area contributed by atoms with Gasteiger partial charge in [0.25, 0.3) is 0 Å². The topological polar surface area (TPSA) is 0 Å². The van der Waals surface area contributed by atoms with Crippen LogP contribution in [-0.2, 0) is 0 Å². The molecule has 0 heterocycles. The fourth-order valence-electron chi connectivity index (χ4n) is 1.86. The van der Waals surface area contributed by atoms with E-state index in [2.05, 4.69) is 20.4 Å². The van der Waals surface area contributed by atoms with Crippen LogP contribution >= 0.6 is 0 Å². The molecule has 0 aliphatic heterocycles. The summed E-state index contributed by atoms with van der Waals surface area (Å²) in [6.45, 7) is 8.60. The summed E-state index contributed by atoms with van der Waals surface area (Å²) in [5.41, 5.74) is 1.48. The van der Waals surface area contributed by atoms with E-state index in [9.17, 15) is 0 Å². The molecule has 1 fully saturated rings. The molecule has 1 saturated carbocycles. The molecular weight excluding hydrogens is 120 g/mol. The Morgan fingerprint density at radius 3 is 2.40 bits per heavy atom. The van der Waals surface area contributed by atoms with Crippen molar-refractivity contribution in [1.29, 1.82) is 0 Å². The Balaban J connectivity index is 2.35. The van der Waals surface area contributed by atoms with E-state index in [0.717, 1.165) is 11.8 Å². The van der Waals surface area contributed by atoms with Crippen LogP contribution in [0.3, 0.4) is 0 Å². The first-order valence-electron chi connectivity index (χ1n) is 4.47. The molecule has 0 saturated heterocycles. The first-order chi connectivity index (χ1) is 4.79. The van der Waals surface area contributed by atoms with Crippen molar-refractivity contribution in [2.45, 2.75) is 39.5 Å². The van der Waals surface area contributed by atoms with Crippen LogP contribution in [-0.4, -0.2) is 0 Å². The predicted octanol–water partition coefficient (Wildman–Crippen LogP) is 3.39. The molecule has 0 amide bonds. The number of rotatable bonds is 3. The third-order valence-corrected chi connectivity index (χ3v) is 2.92. The van der Waals surface area contributed by atoms with Crippen LogP contribution < -0.4 is 0 Å². The van der Waals surface area contributed by atoms with Gasteiger partial charge in [-0.2, -0.15) is 0 Å². The van der Waals surface area contributed by atoms with Crippen molar-refractivity contribution in [3.63, 3.8) is 0 Å². The standard InChI is InChI=1S/C10H18/c1-4-8(3)10-7-6-9(10)5-2/h9-10H,3-7H2,1-2H3. The van der Waals surface area contributed by atoms with Crippen LogP contribution in [0.1, 0.15) is 39.5 Å². The van der Waals surface area contributed by atoms with Gasteiger partial charge in [-0.15, -0.1) is 0 Å². The maximum Gasteiger partial charge on any atom is -0.0178 e. The molecule has 1 aliphatic rings. The van der Waals surface area contributed by atoms with Gasteiger partial charge in [0.2, 0.25) is 0 Å². The highest BCUT2D eigenvalue weighted by Crippen LogP contribution is 2.41. The van der Waals surface area contributed by atoms with Crippen LogP contribution in [0.4, 0.5) is 0 Å². The van der Waals surface area contributed by atoms with Crippen LogP contribution in [0.5, 0.6) is 0 Å².